The van der Waals surface area contributed by atoms with Crippen LogP contribution in [0, 0.1) is 0 Å². The highest BCUT2D eigenvalue weighted by Crippen LogP contribution is 1.98. The van der Waals surface area contributed by atoms with Gasteiger partial charge in [-0.15, -0.1) is 0 Å². The standard InChI is InChI=1S/C4H8O2.C3H6O2/c1-4-2-5-3-6-4;1-2-5-3-4-1/h4H,2-3H2,1H3;1-3H2. The highest BCUT2D eigenvalue weighted by atomic mass is 16.7. The van der Waals surface area contributed by atoms with Crippen molar-refractivity contribution in [2.45, 2.75) is 13.0 Å². The largest absolute Gasteiger partial charge is 0.353 e. The molecule has 0 N–H and O–H groups in total. The SMILES string of the molecule is C1COCO1.CC1COCO1. The van der Waals surface area contributed by atoms with Crippen LogP contribution in [0.25, 0.3) is 0 Å². The Morgan fingerprint density at radius 2 is 1.73 bits per heavy atom. The van der Waals surface area contributed by atoms with Gasteiger partial charge in [-0.05, 0) is 6.92 Å². The van der Waals surface area contributed by atoms with Crippen molar-refractivity contribution < 1.29 is 18.9 Å². The van der Waals surface area contributed by atoms with Gasteiger partial charge in [-0.25, -0.2) is 0 Å². The number of rotatable bonds is 0. The Morgan fingerprint density at radius 1 is 1.00 bits per heavy atom. The third-order valence-electron chi connectivity index (χ3n) is 1.33. The maximum atomic E-state index is 4.93. The van der Waals surface area contributed by atoms with Gasteiger partial charge in [-0.3, -0.25) is 0 Å². The van der Waals surface area contributed by atoms with Crippen molar-refractivity contribution in [3.63, 3.8) is 0 Å². The molecule has 11 heavy (non-hydrogen) atoms. The second kappa shape index (κ2) is 5.49. The quantitative estimate of drug-likeness (QED) is 0.515. The molecule has 0 spiro atoms. The molecule has 2 aliphatic heterocycles. The van der Waals surface area contributed by atoms with Crippen LogP contribution < -0.4 is 0 Å². The van der Waals surface area contributed by atoms with E-state index in [0.29, 0.717) is 19.7 Å². The van der Waals surface area contributed by atoms with E-state index in [1.807, 2.05) is 6.92 Å². The number of ether oxygens (including phenoxy) is 4. The molecule has 0 amide bonds. The molecule has 2 saturated heterocycles. The number of hydrogen-bond donors (Lipinski definition) is 0. The molecule has 1 unspecified atom stereocenters. The zero-order valence-corrected chi connectivity index (χ0v) is 6.75. The fourth-order valence-electron chi connectivity index (χ4n) is 0.721. The summed E-state index contributed by atoms with van der Waals surface area (Å²) >= 11 is 0. The topological polar surface area (TPSA) is 36.9 Å². The summed E-state index contributed by atoms with van der Waals surface area (Å²) < 4.78 is 19.2. The van der Waals surface area contributed by atoms with Gasteiger partial charge in [0.2, 0.25) is 0 Å². The van der Waals surface area contributed by atoms with E-state index in [4.69, 9.17) is 18.9 Å². The van der Waals surface area contributed by atoms with Gasteiger partial charge in [0.1, 0.15) is 13.6 Å². The Bertz CT molecular complexity index is 78.8. The molecule has 0 radical (unpaired) electrons. The molecule has 2 heterocycles. The predicted molar refractivity (Wildman–Crippen MR) is 38.1 cm³/mol. The van der Waals surface area contributed by atoms with Gasteiger partial charge in [0, 0.05) is 0 Å². The normalized spacial score (nSPS) is 29.7. The highest BCUT2D eigenvalue weighted by molar-refractivity contribution is 4.47. The lowest BCUT2D eigenvalue weighted by Gasteiger charge is -1.90. The average molecular weight is 162 g/mol. The first-order valence-corrected chi connectivity index (χ1v) is 3.74. The van der Waals surface area contributed by atoms with Gasteiger partial charge in [-0.1, -0.05) is 0 Å². The summed E-state index contributed by atoms with van der Waals surface area (Å²) in [6.07, 6.45) is 0.324. The Kier molecular flexibility index (Phi) is 4.45. The molecule has 2 fully saturated rings. The van der Waals surface area contributed by atoms with E-state index in [0.717, 1.165) is 19.8 Å². The van der Waals surface area contributed by atoms with Crippen LogP contribution in [0.1, 0.15) is 6.92 Å². The summed E-state index contributed by atoms with van der Waals surface area (Å²) in [4.78, 5) is 0. The first-order chi connectivity index (χ1) is 5.39. The molecule has 0 bridgehead atoms. The Hall–Kier alpha value is -0.160. The first kappa shape index (κ1) is 8.93. The summed E-state index contributed by atoms with van der Waals surface area (Å²) in [5, 5.41) is 0. The van der Waals surface area contributed by atoms with Crippen molar-refractivity contribution in [2.24, 2.45) is 0 Å². The molecule has 0 aliphatic carbocycles. The van der Waals surface area contributed by atoms with E-state index in [9.17, 15) is 0 Å². The van der Waals surface area contributed by atoms with Crippen LogP contribution in [0.2, 0.25) is 0 Å². The Morgan fingerprint density at radius 3 is 1.91 bits per heavy atom. The van der Waals surface area contributed by atoms with Crippen LogP contribution in [0.3, 0.4) is 0 Å². The molecular weight excluding hydrogens is 148 g/mol. The van der Waals surface area contributed by atoms with Crippen molar-refractivity contribution in [1.82, 2.24) is 0 Å². The molecule has 1 atom stereocenters. The van der Waals surface area contributed by atoms with Crippen molar-refractivity contribution in [2.75, 3.05) is 33.4 Å². The van der Waals surface area contributed by atoms with Crippen LogP contribution in [0.5, 0.6) is 0 Å². The fraction of sp³-hybridized carbons (Fsp3) is 1.00. The third-order valence-corrected chi connectivity index (χ3v) is 1.33. The van der Waals surface area contributed by atoms with Crippen molar-refractivity contribution in [3.05, 3.63) is 0 Å². The van der Waals surface area contributed by atoms with Gasteiger partial charge < -0.3 is 18.9 Å². The van der Waals surface area contributed by atoms with E-state index >= 15 is 0 Å². The second-order valence-corrected chi connectivity index (χ2v) is 2.40. The summed E-state index contributed by atoms with van der Waals surface area (Å²) in [5.74, 6) is 0. The minimum atomic E-state index is 0.324. The average Bonchev–Trinajstić information content (AvgIpc) is 2.57. The first-order valence-electron chi connectivity index (χ1n) is 3.74. The lowest BCUT2D eigenvalue weighted by Crippen LogP contribution is -2.00. The minimum Gasteiger partial charge on any atom is -0.353 e. The predicted octanol–water partition coefficient (Wildman–Crippen LogP) is 0.370. The van der Waals surface area contributed by atoms with Crippen LogP contribution in [-0.2, 0) is 18.9 Å². The molecule has 0 aromatic carbocycles. The van der Waals surface area contributed by atoms with Crippen LogP contribution in [-0.4, -0.2) is 39.5 Å². The lowest BCUT2D eigenvalue weighted by atomic mass is 10.5. The fourth-order valence-corrected chi connectivity index (χ4v) is 0.721. The van der Waals surface area contributed by atoms with Gasteiger partial charge in [0.15, 0.2) is 0 Å². The molecule has 0 aromatic rings. The summed E-state index contributed by atoms with van der Waals surface area (Å²) in [5.41, 5.74) is 0. The maximum Gasteiger partial charge on any atom is 0.147 e. The highest BCUT2D eigenvalue weighted by Gasteiger charge is 2.07. The third kappa shape index (κ3) is 4.31. The second-order valence-electron chi connectivity index (χ2n) is 2.40. The van der Waals surface area contributed by atoms with Gasteiger partial charge in [0.05, 0.1) is 25.9 Å². The maximum absolute atomic E-state index is 4.93. The van der Waals surface area contributed by atoms with E-state index in [1.165, 1.54) is 0 Å². The van der Waals surface area contributed by atoms with Gasteiger partial charge in [0.25, 0.3) is 0 Å². The summed E-state index contributed by atoms with van der Waals surface area (Å²) in [6.45, 7) is 5.30. The molecule has 2 rings (SSSR count). The Labute approximate surface area is 66.4 Å². The van der Waals surface area contributed by atoms with E-state index in [-0.39, 0.29) is 0 Å². The van der Waals surface area contributed by atoms with Crippen LogP contribution >= 0.6 is 0 Å². The molecule has 66 valence electrons. The van der Waals surface area contributed by atoms with Crippen molar-refractivity contribution >= 4 is 0 Å². The van der Waals surface area contributed by atoms with Gasteiger partial charge >= 0.3 is 0 Å². The van der Waals surface area contributed by atoms with Crippen molar-refractivity contribution in [3.8, 4) is 0 Å². The Balaban J connectivity index is 0.000000112. The van der Waals surface area contributed by atoms with Crippen LogP contribution in [0.15, 0.2) is 0 Å². The molecule has 4 nitrogen and oxygen atoms in total. The van der Waals surface area contributed by atoms with Crippen LogP contribution in [0.4, 0.5) is 0 Å². The summed E-state index contributed by atoms with van der Waals surface area (Å²) in [6, 6.07) is 0. The zero-order valence-electron chi connectivity index (χ0n) is 6.75. The molecule has 2 aliphatic rings. The molecular formula is C7H14O4. The lowest BCUT2D eigenvalue weighted by molar-refractivity contribution is 0.0514. The molecule has 4 heteroatoms. The van der Waals surface area contributed by atoms with E-state index < -0.39 is 0 Å². The monoisotopic (exact) mass is 162 g/mol. The van der Waals surface area contributed by atoms with E-state index in [2.05, 4.69) is 0 Å². The molecule has 0 saturated carbocycles. The molecule has 0 aromatic heterocycles. The smallest absolute Gasteiger partial charge is 0.147 e. The van der Waals surface area contributed by atoms with E-state index in [1.54, 1.807) is 0 Å². The van der Waals surface area contributed by atoms with Crippen molar-refractivity contribution in [1.29, 1.82) is 0 Å². The number of hydrogen-bond acceptors (Lipinski definition) is 4. The zero-order chi connectivity index (χ0) is 7.94. The minimum absolute atomic E-state index is 0.324. The summed E-state index contributed by atoms with van der Waals surface area (Å²) in [7, 11) is 0. The van der Waals surface area contributed by atoms with Gasteiger partial charge in [-0.2, -0.15) is 0 Å².